The van der Waals surface area contributed by atoms with Gasteiger partial charge in [0.1, 0.15) is 0 Å². The van der Waals surface area contributed by atoms with Crippen molar-refractivity contribution in [1.82, 2.24) is 15.1 Å². The summed E-state index contributed by atoms with van der Waals surface area (Å²) in [5.41, 5.74) is 0. The number of likely N-dealkylation sites (tertiary alicyclic amines) is 2. The molecule has 0 spiro atoms. The van der Waals surface area contributed by atoms with Crippen LogP contribution < -0.4 is 5.32 Å². The molecule has 3 aliphatic rings. The van der Waals surface area contributed by atoms with E-state index in [4.69, 9.17) is 4.74 Å². The fourth-order valence-corrected chi connectivity index (χ4v) is 3.71. The van der Waals surface area contributed by atoms with E-state index in [1.54, 1.807) is 6.92 Å². The zero-order valence-electron chi connectivity index (χ0n) is 15.0. The second-order valence-electron chi connectivity index (χ2n) is 7.36. The van der Waals surface area contributed by atoms with Crippen molar-refractivity contribution in [3.63, 3.8) is 0 Å². The van der Waals surface area contributed by atoms with Crippen LogP contribution in [0.15, 0.2) is 0 Å². The van der Waals surface area contributed by atoms with E-state index >= 15 is 0 Å². The summed E-state index contributed by atoms with van der Waals surface area (Å²) >= 11 is 0. The van der Waals surface area contributed by atoms with Crippen LogP contribution in [-0.2, 0) is 14.3 Å². The summed E-state index contributed by atoms with van der Waals surface area (Å²) in [6, 6.07) is 0.369. The van der Waals surface area contributed by atoms with Gasteiger partial charge in [-0.05, 0) is 45.4 Å². The fraction of sp³-hybridized carbons (Fsp3) is 0.833. The highest BCUT2D eigenvalue weighted by molar-refractivity contribution is 5.81. The summed E-state index contributed by atoms with van der Waals surface area (Å²) < 4.78 is 5.10. The highest BCUT2D eigenvalue weighted by atomic mass is 16.5. The van der Waals surface area contributed by atoms with Crippen molar-refractivity contribution >= 4 is 17.9 Å². The second kappa shape index (κ2) is 8.06. The molecule has 1 atom stereocenters. The summed E-state index contributed by atoms with van der Waals surface area (Å²) in [5, 5.41) is 3.00. The quantitative estimate of drug-likeness (QED) is 0.776. The Hall–Kier alpha value is -1.79. The van der Waals surface area contributed by atoms with Crippen LogP contribution in [0.4, 0.5) is 4.79 Å². The van der Waals surface area contributed by atoms with Gasteiger partial charge in [0.05, 0.1) is 12.5 Å². The molecule has 1 saturated carbocycles. The Balaban J connectivity index is 1.46. The van der Waals surface area contributed by atoms with Crippen molar-refractivity contribution in [1.29, 1.82) is 0 Å². The number of hydrogen-bond donors (Lipinski definition) is 1. The Morgan fingerprint density at radius 3 is 2.32 bits per heavy atom. The Morgan fingerprint density at radius 1 is 0.960 bits per heavy atom. The zero-order valence-corrected chi connectivity index (χ0v) is 15.0. The first kappa shape index (κ1) is 18.0. The van der Waals surface area contributed by atoms with Crippen LogP contribution in [0.5, 0.6) is 0 Å². The predicted molar refractivity (Wildman–Crippen MR) is 91.8 cm³/mol. The molecule has 3 rings (SSSR count). The van der Waals surface area contributed by atoms with Gasteiger partial charge in [-0.1, -0.05) is 0 Å². The van der Waals surface area contributed by atoms with E-state index in [0.29, 0.717) is 45.1 Å². The molecule has 0 bridgehead atoms. The molecule has 2 saturated heterocycles. The number of nitrogens with zero attached hydrogens (tertiary/aromatic N) is 2. The highest BCUT2D eigenvalue weighted by Crippen LogP contribution is 2.25. The fourth-order valence-electron chi connectivity index (χ4n) is 3.71. The summed E-state index contributed by atoms with van der Waals surface area (Å²) in [4.78, 5) is 40.5. The molecule has 1 unspecified atom stereocenters. The third-order valence-corrected chi connectivity index (χ3v) is 5.39. The molecule has 3 fully saturated rings. The monoisotopic (exact) mass is 351 g/mol. The van der Waals surface area contributed by atoms with E-state index in [2.05, 4.69) is 5.32 Å². The van der Waals surface area contributed by atoms with Gasteiger partial charge < -0.3 is 19.9 Å². The van der Waals surface area contributed by atoms with Crippen LogP contribution in [0.25, 0.3) is 0 Å². The van der Waals surface area contributed by atoms with Crippen LogP contribution >= 0.6 is 0 Å². The topological polar surface area (TPSA) is 79.0 Å². The molecule has 0 aromatic carbocycles. The van der Waals surface area contributed by atoms with Crippen molar-refractivity contribution in [2.45, 2.75) is 51.5 Å². The Labute approximate surface area is 149 Å². The van der Waals surface area contributed by atoms with Crippen molar-refractivity contribution in [3.05, 3.63) is 0 Å². The highest BCUT2D eigenvalue weighted by Gasteiger charge is 2.35. The standard InChI is InChI=1S/C18H29N3O4/c1-2-25-17(23)14-4-3-9-21(12-14)16(22)13-7-10-20(11-8-13)18(24)19-15-5-6-15/h13-15H,2-12H2,1H3,(H,19,24). The van der Waals surface area contributed by atoms with Crippen molar-refractivity contribution in [2.24, 2.45) is 11.8 Å². The smallest absolute Gasteiger partial charge is 0.317 e. The normalized spacial score (nSPS) is 24.8. The molecule has 1 aliphatic carbocycles. The summed E-state index contributed by atoms with van der Waals surface area (Å²) in [6.45, 7) is 4.63. The number of nitrogens with one attached hydrogen (secondary N) is 1. The van der Waals surface area contributed by atoms with Crippen LogP contribution in [0, 0.1) is 11.8 Å². The molecular weight excluding hydrogens is 322 g/mol. The minimum absolute atomic E-state index is 0.00810. The molecule has 0 aromatic heterocycles. The molecule has 25 heavy (non-hydrogen) atoms. The van der Waals surface area contributed by atoms with Gasteiger partial charge in [0.2, 0.25) is 5.91 Å². The first-order valence-corrected chi connectivity index (χ1v) is 9.59. The Bertz CT molecular complexity index is 512. The number of carbonyl (C=O) groups excluding carboxylic acids is 3. The molecule has 2 aliphatic heterocycles. The van der Waals surface area contributed by atoms with E-state index in [9.17, 15) is 14.4 Å². The van der Waals surface area contributed by atoms with Gasteiger partial charge in [-0.25, -0.2) is 4.79 Å². The van der Waals surface area contributed by atoms with Crippen LogP contribution in [0.2, 0.25) is 0 Å². The van der Waals surface area contributed by atoms with Gasteiger partial charge in [-0.3, -0.25) is 9.59 Å². The number of ether oxygens (including phenoxy) is 1. The SMILES string of the molecule is CCOC(=O)C1CCCN(C(=O)C2CCN(C(=O)NC3CC3)CC2)C1. The van der Waals surface area contributed by atoms with Gasteiger partial charge in [0.15, 0.2) is 0 Å². The predicted octanol–water partition coefficient (Wildman–Crippen LogP) is 1.37. The van der Waals surface area contributed by atoms with Crippen molar-refractivity contribution < 1.29 is 19.1 Å². The number of carbonyl (C=O) groups is 3. The van der Waals surface area contributed by atoms with E-state index in [0.717, 1.165) is 32.2 Å². The van der Waals surface area contributed by atoms with Gasteiger partial charge in [-0.15, -0.1) is 0 Å². The van der Waals surface area contributed by atoms with E-state index in [1.807, 2.05) is 9.80 Å². The number of amides is 3. The lowest BCUT2D eigenvalue weighted by Gasteiger charge is -2.37. The average Bonchev–Trinajstić information content (AvgIpc) is 3.45. The Kier molecular flexibility index (Phi) is 5.81. The van der Waals surface area contributed by atoms with Crippen molar-refractivity contribution in [3.8, 4) is 0 Å². The molecule has 0 radical (unpaired) electrons. The average molecular weight is 351 g/mol. The van der Waals surface area contributed by atoms with Gasteiger partial charge >= 0.3 is 12.0 Å². The van der Waals surface area contributed by atoms with Crippen LogP contribution in [0.1, 0.15) is 45.4 Å². The molecule has 0 aromatic rings. The Morgan fingerprint density at radius 2 is 1.68 bits per heavy atom. The molecule has 140 valence electrons. The maximum Gasteiger partial charge on any atom is 0.317 e. The summed E-state index contributed by atoms with van der Waals surface area (Å²) in [5.74, 6) is -0.282. The second-order valence-corrected chi connectivity index (χ2v) is 7.36. The molecular formula is C18H29N3O4. The summed E-state index contributed by atoms with van der Waals surface area (Å²) in [6.07, 6.45) is 5.21. The van der Waals surface area contributed by atoms with E-state index in [-0.39, 0.29) is 29.7 Å². The minimum Gasteiger partial charge on any atom is -0.466 e. The largest absolute Gasteiger partial charge is 0.466 e. The molecule has 3 amide bonds. The number of piperidine rings is 2. The third-order valence-electron chi connectivity index (χ3n) is 5.39. The first-order chi connectivity index (χ1) is 12.1. The third kappa shape index (κ3) is 4.64. The lowest BCUT2D eigenvalue weighted by Crippen LogP contribution is -2.50. The first-order valence-electron chi connectivity index (χ1n) is 9.59. The maximum absolute atomic E-state index is 12.8. The lowest BCUT2D eigenvalue weighted by molar-refractivity contribution is -0.152. The van der Waals surface area contributed by atoms with Crippen LogP contribution in [-0.4, -0.2) is 66.5 Å². The number of rotatable bonds is 4. The van der Waals surface area contributed by atoms with Gasteiger partial charge in [0.25, 0.3) is 0 Å². The molecule has 1 N–H and O–H groups in total. The molecule has 7 nitrogen and oxygen atoms in total. The minimum atomic E-state index is -0.193. The lowest BCUT2D eigenvalue weighted by atomic mass is 9.92. The number of hydrogen-bond acceptors (Lipinski definition) is 4. The maximum atomic E-state index is 12.8. The van der Waals surface area contributed by atoms with E-state index in [1.165, 1.54) is 0 Å². The molecule has 7 heteroatoms. The summed E-state index contributed by atoms with van der Waals surface area (Å²) in [7, 11) is 0. The van der Waals surface area contributed by atoms with Gasteiger partial charge in [0, 0.05) is 38.1 Å². The number of esters is 1. The van der Waals surface area contributed by atoms with Gasteiger partial charge in [-0.2, -0.15) is 0 Å². The van der Waals surface area contributed by atoms with Crippen molar-refractivity contribution in [2.75, 3.05) is 32.8 Å². The van der Waals surface area contributed by atoms with Crippen LogP contribution in [0.3, 0.4) is 0 Å². The molecule has 2 heterocycles. The number of urea groups is 1. The zero-order chi connectivity index (χ0) is 17.8. The van der Waals surface area contributed by atoms with E-state index < -0.39 is 0 Å².